The maximum absolute atomic E-state index is 12.1. The summed E-state index contributed by atoms with van der Waals surface area (Å²) in [5.74, 6) is 1.85. The van der Waals surface area contributed by atoms with Crippen molar-refractivity contribution in [2.45, 2.75) is 6.92 Å². The molecule has 2 rings (SSSR count). The first-order valence-electron chi connectivity index (χ1n) is 6.23. The molecular weight excluding hydrogens is 266 g/mol. The van der Waals surface area contributed by atoms with Gasteiger partial charge < -0.3 is 10.4 Å². The number of ketones is 1. The lowest BCUT2D eigenvalue weighted by Crippen LogP contribution is -2.12. The maximum Gasteiger partial charge on any atom is 0.255 e. The van der Waals surface area contributed by atoms with Crippen molar-refractivity contribution < 1.29 is 14.7 Å². The van der Waals surface area contributed by atoms with Gasteiger partial charge in [0.25, 0.3) is 5.91 Å². The molecule has 0 heterocycles. The molecule has 104 valence electrons. The van der Waals surface area contributed by atoms with Crippen molar-refractivity contribution in [2.24, 2.45) is 0 Å². The molecule has 21 heavy (non-hydrogen) atoms. The number of nitrogens with one attached hydrogen (secondary N) is 1. The molecule has 2 aromatic carbocycles. The molecule has 0 aliphatic heterocycles. The number of carbonyl (C=O) groups is 2. The Labute approximate surface area is 122 Å². The highest BCUT2D eigenvalue weighted by atomic mass is 16.3. The minimum atomic E-state index is -0.355. The van der Waals surface area contributed by atoms with Gasteiger partial charge in [0, 0.05) is 16.8 Å². The Bertz CT molecular complexity index is 757. The van der Waals surface area contributed by atoms with Crippen LogP contribution in [0.2, 0.25) is 0 Å². The van der Waals surface area contributed by atoms with E-state index in [9.17, 15) is 14.7 Å². The third-order valence-electron chi connectivity index (χ3n) is 2.94. The first-order valence-corrected chi connectivity index (χ1v) is 6.23. The average molecular weight is 279 g/mol. The number of rotatable bonds is 3. The molecular formula is C17H13NO3. The highest BCUT2D eigenvalue weighted by Crippen LogP contribution is 2.21. The van der Waals surface area contributed by atoms with E-state index in [-0.39, 0.29) is 17.4 Å². The smallest absolute Gasteiger partial charge is 0.255 e. The van der Waals surface area contributed by atoms with Gasteiger partial charge >= 0.3 is 0 Å². The second kappa shape index (κ2) is 5.93. The minimum Gasteiger partial charge on any atom is -0.507 e. The van der Waals surface area contributed by atoms with Crippen molar-refractivity contribution >= 4 is 17.4 Å². The number of anilines is 1. The fourth-order valence-electron chi connectivity index (χ4n) is 1.81. The number of phenolic OH excluding ortho intramolecular Hbond substituents is 1. The Morgan fingerprint density at radius 3 is 2.52 bits per heavy atom. The molecule has 0 saturated heterocycles. The van der Waals surface area contributed by atoms with Crippen molar-refractivity contribution in [1.82, 2.24) is 0 Å². The summed E-state index contributed by atoms with van der Waals surface area (Å²) in [7, 11) is 0. The van der Waals surface area contributed by atoms with Gasteiger partial charge in [-0.15, -0.1) is 6.42 Å². The van der Waals surface area contributed by atoms with Crippen LogP contribution in [0.4, 0.5) is 5.69 Å². The molecule has 4 heteroatoms. The zero-order valence-corrected chi connectivity index (χ0v) is 11.4. The van der Waals surface area contributed by atoms with Gasteiger partial charge in [-0.1, -0.05) is 18.1 Å². The first-order chi connectivity index (χ1) is 10.0. The molecule has 0 aliphatic rings. The highest BCUT2D eigenvalue weighted by molar-refractivity contribution is 6.06. The van der Waals surface area contributed by atoms with Crippen LogP contribution in [0.25, 0.3) is 0 Å². The van der Waals surface area contributed by atoms with Gasteiger partial charge in [0.05, 0.1) is 5.56 Å². The molecule has 0 spiro atoms. The van der Waals surface area contributed by atoms with E-state index in [0.29, 0.717) is 22.4 Å². The lowest BCUT2D eigenvalue weighted by atomic mass is 10.1. The van der Waals surface area contributed by atoms with Crippen LogP contribution in [0.15, 0.2) is 42.5 Å². The van der Waals surface area contributed by atoms with Gasteiger partial charge in [0.15, 0.2) is 5.78 Å². The number of phenols is 1. The van der Waals surface area contributed by atoms with E-state index in [1.807, 2.05) is 0 Å². The molecule has 4 nitrogen and oxygen atoms in total. The molecule has 2 aromatic rings. The fraction of sp³-hybridized carbons (Fsp3) is 0.0588. The molecule has 0 saturated carbocycles. The lowest BCUT2D eigenvalue weighted by Gasteiger charge is -2.07. The standard InChI is InChI=1S/C17H13NO3/c1-3-12-10-15(7-8-16(12)20)18-17(21)14-6-4-5-13(9-14)11(2)19/h1,4-10,20H,2H3,(H,18,21). The summed E-state index contributed by atoms with van der Waals surface area (Å²) in [4.78, 5) is 23.5. The highest BCUT2D eigenvalue weighted by Gasteiger charge is 2.09. The number of terminal acetylenes is 1. The topological polar surface area (TPSA) is 66.4 Å². The van der Waals surface area contributed by atoms with Gasteiger partial charge in [-0.25, -0.2) is 0 Å². The van der Waals surface area contributed by atoms with Crippen molar-refractivity contribution in [2.75, 3.05) is 5.32 Å². The van der Waals surface area contributed by atoms with Gasteiger partial charge in [0.2, 0.25) is 0 Å². The molecule has 0 aromatic heterocycles. The second-order valence-corrected chi connectivity index (χ2v) is 4.47. The van der Waals surface area contributed by atoms with Gasteiger partial charge in [0.1, 0.15) is 5.75 Å². The predicted molar refractivity (Wildman–Crippen MR) is 80.4 cm³/mol. The van der Waals surface area contributed by atoms with E-state index in [4.69, 9.17) is 6.42 Å². The molecule has 0 bridgehead atoms. The number of hydrogen-bond donors (Lipinski definition) is 2. The summed E-state index contributed by atoms with van der Waals surface area (Å²) in [6, 6.07) is 10.9. The van der Waals surface area contributed by atoms with Crippen molar-refractivity contribution in [1.29, 1.82) is 0 Å². The zero-order valence-electron chi connectivity index (χ0n) is 11.4. The van der Waals surface area contributed by atoms with Crippen LogP contribution in [0.1, 0.15) is 33.2 Å². The predicted octanol–water partition coefficient (Wildman–Crippen LogP) is 2.83. The number of carbonyl (C=O) groups excluding carboxylic acids is 2. The number of hydrogen-bond acceptors (Lipinski definition) is 3. The Hall–Kier alpha value is -3.06. The Balaban J connectivity index is 2.24. The third-order valence-corrected chi connectivity index (χ3v) is 2.94. The van der Waals surface area contributed by atoms with Crippen LogP contribution >= 0.6 is 0 Å². The van der Waals surface area contributed by atoms with Crippen LogP contribution in [0.5, 0.6) is 5.75 Å². The average Bonchev–Trinajstić information content (AvgIpc) is 2.49. The van der Waals surface area contributed by atoms with Crippen LogP contribution in [-0.4, -0.2) is 16.8 Å². The van der Waals surface area contributed by atoms with Gasteiger partial charge in [-0.3, -0.25) is 9.59 Å². The molecule has 0 fully saturated rings. The summed E-state index contributed by atoms with van der Waals surface area (Å²) in [6.07, 6.45) is 5.25. The Kier molecular flexibility index (Phi) is 4.05. The first kappa shape index (κ1) is 14.4. The monoisotopic (exact) mass is 279 g/mol. The second-order valence-electron chi connectivity index (χ2n) is 4.47. The summed E-state index contributed by atoms with van der Waals surface area (Å²) in [6.45, 7) is 1.44. The van der Waals surface area contributed by atoms with Gasteiger partial charge in [-0.2, -0.15) is 0 Å². The minimum absolute atomic E-state index is 0.0194. The van der Waals surface area contributed by atoms with Gasteiger partial charge in [-0.05, 0) is 37.3 Å². The molecule has 0 aliphatic carbocycles. The molecule has 0 atom stereocenters. The van der Waals surface area contributed by atoms with Crippen LogP contribution in [0.3, 0.4) is 0 Å². The Morgan fingerprint density at radius 1 is 1.14 bits per heavy atom. The molecule has 0 unspecified atom stereocenters. The number of aromatic hydroxyl groups is 1. The molecule has 2 N–H and O–H groups in total. The van der Waals surface area contributed by atoms with Crippen LogP contribution in [0, 0.1) is 12.3 Å². The SMILES string of the molecule is C#Cc1cc(NC(=O)c2cccc(C(C)=O)c2)ccc1O. The van der Waals surface area contributed by atoms with E-state index in [1.54, 1.807) is 24.3 Å². The van der Waals surface area contributed by atoms with E-state index in [1.165, 1.54) is 25.1 Å². The van der Waals surface area contributed by atoms with E-state index >= 15 is 0 Å². The van der Waals surface area contributed by atoms with E-state index < -0.39 is 0 Å². The van der Waals surface area contributed by atoms with E-state index in [2.05, 4.69) is 11.2 Å². The quantitative estimate of drug-likeness (QED) is 0.516. The molecule has 1 amide bonds. The molecule has 0 radical (unpaired) electrons. The number of benzene rings is 2. The summed E-state index contributed by atoms with van der Waals surface area (Å²) in [5, 5.41) is 12.2. The zero-order chi connectivity index (χ0) is 15.4. The van der Waals surface area contributed by atoms with Crippen molar-refractivity contribution in [3.8, 4) is 18.1 Å². The van der Waals surface area contributed by atoms with Crippen molar-refractivity contribution in [3.63, 3.8) is 0 Å². The summed E-state index contributed by atoms with van der Waals surface area (Å²) in [5.41, 5.74) is 1.61. The van der Waals surface area contributed by atoms with Crippen LogP contribution in [-0.2, 0) is 0 Å². The fourth-order valence-corrected chi connectivity index (χ4v) is 1.81. The summed E-state index contributed by atoms with van der Waals surface area (Å²) >= 11 is 0. The lowest BCUT2D eigenvalue weighted by molar-refractivity contribution is 0.101. The maximum atomic E-state index is 12.1. The summed E-state index contributed by atoms with van der Waals surface area (Å²) < 4.78 is 0. The van der Waals surface area contributed by atoms with E-state index in [0.717, 1.165) is 0 Å². The van der Waals surface area contributed by atoms with Crippen LogP contribution < -0.4 is 5.32 Å². The number of amides is 1. The Morgan fingerprint density at radius 2 is 1.86 bits per heavy atom. The largest absolute Gasteiger partial charge is 0.507 e. The normalized spacial score (nSPS) is 9.71. The number of Topliss-reactive ketones (excluding diaryl/α,β-unsaturated/α-hetero) is 1. The third kappa shape index (κ3) is 3.28. The van der Waals surface area contributed by atoms with Crippen molar-refractivity contribution in [3.05, 3.63) is 59.2 Å².